The number of ketones is 1. The van der Waals surface area contributed by atoms with Gasteiger partial charge in [-0.1, -0.05) is 6.07 Å². The van der Waals surface area contributed by atoms with E-state index in [0.29, 0.717) is 4.88 Å². The number of hydrogen-bond donors (Lipinski definition) is 0. The highest BCUT2D eigenvalue weighted by molar-refractivity contribution is 7.12. The molecule has 0 bridgehead atoms. The Morgan fingerprint density at radius 3 is 2.88 bits per heavy atom. The third kappa shape index (κ3) is 3.68. The fourth-order valence-corrected chi connectivity index (χ4v) is 2.12. The Hall–Kier alpha value is -1.67. The third-order valence-electron chi connectivity index (χ3n) is 2.20. The van der Waals surface area contributed by atoms with Gasteiger partial charge in [-0.2, -0.15) is 5.26 Å². The molecular formula is C12H13NO3S. The van der Waals surface area contributed by atoms with E-state index < -0.39 is 11.9 Å². The maximum Gasteiger partial charge on any atom is 0.316 e. The second-order valence-corrected chi connectivity index (χ2v) is 4.29. The van der Waals surface area contributed by atoms with E-state index in [2.05, 4.69) is 0 Å². The Kier molecular flexibility index (Phi) is 5.37. The van der Waals surface area contributed by atoms with Crippen LogP contribution in [0.15, 0.2) is 17.5 Å². The molecule has 0 aliphatic rings. The van der Waals surface area contributed by atoms with Crippen LogP contribution in [0.2, 0.25) is 0 Å². The molecule has 1 aromatic rings. The Labute approximate surface area is 104 Å². The van der Waals surface area contributed by atoms with Crippen LogP contribution in [0.5, 0.6) is 0 Å². The average Bonchev–Trinajstić information content (AvgIpc) is 2.83. The smallest absolute Gasteiger partial charge is 0.316 e. The molecule has 0 aliphatic heterocycles. The third-order valence-corrected chi connectivity index (χ3v) is 3.08. The SMILES string of the molecule is CCOC(=O)C(CCC#N)C(=O)c1cccs1. The highest BCUT2D eigenvalue weighted by Gasteiger charge is 2.28. The molecule has 1 unspecified atom stereocenters. The first-order valence-electron chi connectivity index (χ1n) is 5.32. The first-order chi connectivity index (χ1) is 8.20. The van der Waals surface area contributed by atoms with E-state index in [4.69, 9.17) is 10.00 Å². The van der Waals surface area contributed by atoms with Gasteiger partial charge in [0.25, 0.3) is 0 Å². The van der Waals surface area contributed by atoms with E-state index in [0.717, 1.165) is 0 Å². The van der Waals surface area contributed by atoms with Crippen LogP contribution in [0.25, 0.3) is 0 Å². The average molecular weight is 251 g/mol. The number of Topliss-reactive ketones (excluding diaryl/α,β-unsaturated/α-hetero) is 1. The van der Waals surface area contributed by atoms with Crippen LogP contribution in [0.1, 0.15) is 29.4 Å². The van der Waals surface area contributed by atoms with Crippen molar-refractivity contribution < 1.29 is 14.3 Å². The molecule has 1 aromatic heterocycles. The molecular weight excluding hydrogens is 238 g/mol. The van der Waals surface area contributed by atoms with Crippen molar-refractivity contribution in [2.24, 2.45) is 5.92 Å². The molecule has 0 aliphatic carbocycles. The Morgan fingerprint density at radius 2 is 2.35 bits per heavy atom. The fourth-order valence-electron chi connectivity index (χ4n) is 1.40. The Morgan fingerprint density at radius 1 is 1.59 bits per heavy atom. The van der Waals surface area contributed by atoms with Crippen molar-refractivity contribution in [3.05, 3.63) is 22.4 Å². The minimum Gasteiger partial charge on any atom is -0.465 e. The number of hydrogen-bond acceptors (Lipinski definition) is 5. The predicted octanol–water partition coefficient (Wildman–Crippen LogP) is 2.41. The number of rotatable bonds is 6. The minimum absolute atomic E-state index is 0.167. The van der Waals surface area contributed by atoms with E-state index in [1.165, 1.54) is 11.3 Å². The Balaban J connectivity index is 2.79. The van der Waals surface area contributed by atoms with Gasteiger partial charge in [-0.05, 0) is 24.8 Å². The van der Waals surface area contributed by atoms with Crippen LogP contribution < -0.4 is 0 Å². The second-order valence-electron chi connectivity index (χ2n) is 3.34. The molecule has 0 radical (unpaired) electrons. The zero-order valence-corrected chi connectivity index (χ0v) is 10.3. The standard InChI is InChI=1S/C12H13NO3S/c1-2-16-12(15)9(5-3-7-13)11(14)10-6-4-8-17-10/h4,6,8-9H,2-3,5H2,1H3. The second kappa shape index (κ2) is 6.81. The largest absolute Gasteiger partial charge is 0.465 e. The maximum atomic E-state index is 12.0. The van der Waals surface area contributed by atoms with Crippen molar-refractivity contribution in [1.29, 1.82) is 5.26 Å². The van der Waals surface area contributed by atoms with Crippen molar-refractivity contribution in [2.45, 2.75) is 19.8 Å². The molecule has 0 fully saturated rings. The van der Waals surface area contributed by atoms with E-state index in [-0.39, 0.29) is 25.2 Å². The quantitative estimate of drug-likeness (QED) is 0.442. The van der Waals surface area contributed by atoms with E-state index in [1.54, 1.807) is 24.4 Å². The van der Waals surface area contributed by atoms with Crippen molar-refractivity contribution >= 4 is 23.1 Å². The molecule has 5 heteroatoms. The van der Waals surface area contributed by atoms with Gasteiger partial charge in [-0.15, -0.1) is 11.3 Å². The molecule has 1 rings (SSSR count). The Bertz CT molecular complexity index is 419. The normalized spacial score (nSPS) is 11.5. The van der Waals surface area contributed by atoms with Gasteiger partial charge in [0.2, 0.25) is 0 Å². The van der Waals surface area contributed by atoms with Gasteiger partial charge in [-0.3, -0.25) is 9.59 Å². The van der Waals surface area contributed by atoms with Crippen LogP contribution in [0.3, 0.4) is 0 Å². The van der Waals surface area contributed by atoms with Crippen LogP contribution in [0.4, 0.5) is 0 Å². The first-order valence-corrected chi connectivity index (χ1v) is 6.20. The van der Waals surface area contributed by atoms with Crippen molar-refractivity contribution in [3.8, 4) is 6.07 Å². The highest BCUT2D eigenvalue weighted by Crippen LogP contribution is 2.19. The summed E-state index contributed by atoms with van der Waals surface area (Å²) in [5.41, 5.74) is 0. The highest BCUT2D eigenvalue weighted by atomic mass is 32.1. The van der Waals surface area contributed by atoms with Gasteiger partial charge in [-0.25, -0.2) is 0 Å². The summed E-state index contributed by atoms with van der Waals surface area (Å²) in [6.45, 7) is 1.93. The molecule has 0 spiro atoms. The predicted molar refractivity (Wildman–Crippen MR) is 63.6 cm³/mol. The lowest BCUT2D eigenvalue weighted by atomic mass is 9.97. The molecule has 4 nitrogen and oxygen atoms in total. The summed E-state index contributed by atoms with van der Waals surface area (Å²) in [6, 6.07) is 5.37. The number of thiophene rings is 1. The molecule has 0 aromatic carbocycles. The number of ether oxygens (including phenoxy) is 1. The molecule has 0 amide bonds. The molecule has 1 heterocycles. The van der Waals surface area contributed by atoms with Gasteiger partial charge < -0.3 is 4.74 Å². The molecule has 0 N–H and O–H groups in total. The topological polar surface area (TPSA) is 67.2 Å². The minimum atomic E-state index is -0.853. The molecule has 0 saturated carbocycles. The molecule has 17 heavy (non-hydrogen) atoms. The summed E-state index contributed by atoms with van der Waals surface area (Å²) in [5.74, 6) is -1.65. The number of carbonyl (C=O) groups is 2. The lowest BCUT2D eigenvalue weighted by molar-refractivity contribution is -0.146. The van der Waals surface area contributed by atoms with E-state index >= 15 is 0 Å². The molecule has 0 saturated heterocycles. The lowest BCUT2D eigenvalue weighted by Gasteiger charge is -2.11. The maximum absolute atomic E-state index is 12.0. The van der Waals surface area contributed by atoms with Crippen LogP contribution in [-0.2, 0) is 9.53 Å². The lowest BCUT2D eigenvalue weighted by Crippen LogP contribution is -2.25. The molecule has 1 atom stereocenters. The number of carbonyl (C=O) groups excluding carboxylic acids is 2. The molecule has 90 valence electrons. The summed E-state index contributed by atoms with van der Waals surface area (Å²) in [5, 5.41) is 10.3. The summed E-state index contributed by atoms with van der Waals surface area (Å²) in [6.07, 6.45) is 0.382. The summed E-state index contributed by atoms with van der Waals surface area (Å²) >= 11 is 1.29. The summed E-state index contributed by atoms with van der Waals surface area (Å²) in [7, 11) is 0. The van der Waals surface area contributed by atoms with E-state index in [9.17, 15) is 9.59 Å². The van der Waals surface area contributed by atoms with Gasteiger partial charge >= 0.3 is 5.97 Å². The van der Waals surface area contributed by atoms with E-state index in [1.807, 2.05) is 6.07 Å². The van der Waals surface area contributed by atoms with Gasteiger partial charge in [0.05, 0.1) is 17.6 Å². The number of nitriles is 1. The fraction of sp³-hybridized carbons (Fsp3) is 0.417. The van der Waals surface area contributed by atoms with Crippen molar-refractivity contribution in [3.63, 3.8) is 0 Å². The van der Waals surface area contributed by atoms with Crippen LogP contribution in [-0.4, -0.2) is 18.4 Å². The zero-order chi connectivity index (χ0) is 12.7. The van der Waals surface area contributed by atoms with Crippen LogP contribution >= 0.6 is 11.3 Å². The van der Waals surface area contributed by atoms with Gasteiger partial charge in [0.15, 0.2) is 5.78 Å². The zero-order valence-electron chi connectivity index (χ0n) is 9.51. The number of nitrogens with zero attached hydrogens (tertiary/aromatic N) is 1. The van der Waals surface area contributed by atoms with Crippen molar-refractivity contribution in [1.82, 2.24) is 0 Å². The van der Waals surface area contributed by atoms with Crippen molar-refractivity contribution in [2.75, 3.05) is 6.61 Å². The van der Waals surface area contributed by atoms with Gasteiger partial charge in [0.1, 0.15) is 5.92 Å². The number of esters is 1. The summed E-state index contributed by atoms with van der Waals surface area (Å²) < 4.78 is 4.86. The monoisotopic (exact) mass is 251 g/mol. The summed E-state index contributed by atoms with van der Waals surface area (Å²) in [4.78, 5) is 24.2. The van der Waals surface area contributed by atoms with Gasteiger partial charge in [0, 0.05) is 6.42 Å². The first kappa shape index (κ1) is 13.4. The van der Waals surface area contributed by atoms with Crippen LogP contribution in [0, 0.1) is 17.2 Å².